The highest BCUT2D eigenvalue weighted by molar-refractivity contribution is 5.65. The van der Waals surface area contributed by atoms with Crippen LogP contribution in [0, 0.1) is 6.92 Å². The van der Waals surface area contributed by atoms with Crippen LogP contribution in [0.25, 0.3) is 0 Å². The molecule has 1 aliphatic heterocycles. The molecule has 3 N–H and O–H groups in total. The van der Waals surface area contributed by atoms with Gasteiger partial charge in [-0.25, -0.2) is 14.8 Å². The van der Waals surface area contributed by atoms with Crippen molar-refractivity contribution in [2.24, 2.45) is 0 Å². The second kappa shape index (κ2) is 6.51. The summed E-state index contributed by atoms with van der Waals surface area (Å²) >= 11 is 0. The van der Waals surface area contributed by atoms with E-state index < -0.39 is 6.09 Å². The number of aromatic nitrogens is 4. The lowest BCUT2D eigenvalue weighted by molar-refractivity contribution is 0.0870. The molecule has 0 spiro atoms. The SMILES string of the molecule is Cc1cc(Nc2cc(OC3CCN(C(=O)O)CC3)ncn2)n[nH]1. The van der Waals surface area contributed by atoms with Gasteiger partial charge in [-0.3, -0.25) is 5.10 Å². The number of aryl methyl sites for hydroxylation is 1. The number of hydrogen-bond donors (Lipinski definition) is 3. The fourth-order valence-corrected chi connectivity index (χ4v) is 2.42. The van der Waals surface area contributed by atoms with Gasteiger partial charge in [-0.2, -0.15) is 5.10 Å². The van der Waals surface area contributed by atoms with Crippen LogP contribution in [0.4, 0.5) is 16.4 Å². The first-order valence-corrected chi connectivity index (χ1v) is 7.36. The van der Waals surface area contributed by atoms with Crippen molar-refractivity contribution >= 4 is 17.7 Å². The van der Waals surface area contributed by atoms with Crippen LogP contribution in [0.2, 0.25) is 0 Å². The molecule has 2 aromatic rings. The van der Waals surface area contributed by atoms with Crippen LogP contribution in [-0.2, 0) is 0 Å². The van der Waals surface area contributed by atoms with Gasteiger partial charge < -0.3 is 20.1 Å². The quantitative estimate of drug-likeness (QED) is 0.786. The van der Waals surface area contributed by atoms with Gasteiger partial charge in [-0.05, 0) is 6.92 Å². The zero-order valence-corrected chi connectivity index (χ0v) is 12.7. The molecule has 0 aromatic carbocycles. The van der Waals surface area contributed by atoms with Gasteiger partial charge in [-0.15, -0.1) is 0 Å². The number of ether oxygens (including phenoxy) is 1. The molecule has 0 atom stereocenters. The van der Waals surface area contributed by atoms with Gasteiger partial charge in [0.1, 0.15) is 18.2 Å². The highest BCUT2D eigenvalue weighted by Gasteiger charge is 2.23. The fourth-order valence-electron chi connectivity index (χ4n) is 2.42. The molecule has 3 heterocycles. The highest BCUT2D eigenvalue weighted by Crippen LogP contribution is 2.20. The number of H-pyrrole nitrogens is 1. The van der Waals surface area contributed by atoms with E-state index in [1.807, 2.05) is 13.0 Å². The molecule has 1 fully saturated rings. The van der Waals surface area contributed by atoms with Crippen LogP contribution < -0.4 is 10.1 Å². The molecular formula is C14H18N6O3. The predicted molar refractivity (Wildman–Crippen MR) is 81.9 cm³/mol. The Morgan fingerprint density at radius 2 is 2.13 bits per heavy atom. The molecule has 23 heavy (non-hydrogen) atoms. The average molecular weight is 318 g/mol. The van der Waals surface area contributed by atoms with Crippen molar-refractivity contribution in [1.82, 2.24) is 25.1 Å². The number of carbonyl (C=O) groups is 1. The first-order chi connectivity index (χ1) is 11.1. The molecule has 2 aromatic heterocycles. The average Bonchev–Trinajstić information content (AvgIpc) is 2.93. The van der Waals surface area contributed by atoms with Gasteiger partial charge in [0.15, 0.2) is 5.82 Å². The monoisotopic (exact) mass is 318 g/mol. The smallest absolute Gasteiger partial charge is 0.407 e. The third-order valence-corrected chi connectivity index (χ3v) is 3.60. The summed E-state index contributed by atoms with van der Waals surface area (Å²) in [5, 5.41) is 18.9. The molecule has 1 amide bonds. The molecule has 0 bridgehead atoms. The predicted octanol–water partition coefficient (Wildman–Crippen LogP) is 1.77. The van der Waals surface area contributed by atoms with Crippen molar-refractivity contribution in [2.45, 2.75) is 25.9 Å². The van der Waals surface area contributed by atoms with Crippen LogP contribution in [0.5, 0.6) is 5.88 Å². The van der Waals surface area contributed by atoms with E-state index >= 15 is 0 Å². The summed E-state index contributed by atoms with van der Waals surface area (Å²) in [7, 11) is 0. The third-order valence-electron chi connectivity index (χ3n) is 3.60. The lowest BCUT2D eigenvalue weighted by atomic mass is 10.1. The van der Waals surface area contributed by atoms with E-state index in [0.29, 0.717) is 43.4 Å². The molecule has 0 unspecified atom stereocenters. The largest absolute Gasteiger partial charge is 0.474 e. The summed E-state index contributed by atoms with van der Waals surface area (Å²) in [6.45, 7) is 2.86. The Labute approximate surface area is 132 Å². The fraction of sp³-hybridized carbons (Fsp3) is 0.429. The lowest BCUT2D eigenvalue weighted by Gasteiger charge is -2.29. The summed E-state index contributed by atoms with van der Waals surface area (Å²) < 4.78 is 5.83. The first kappa shape index (κ1) is 15.1. The van der Waals surface area contributed by atoms with Crippen LogP contribution in [-0.4, -0.2) is 55.5 Å². The van der Waals surface area contributed by atoms with Gasteiger partial charge >= 0.3 is 6.09 Å². The number of nitrogens with zero attached hydrogens (tertiary/aromatic N) is 4. The van der Waals surface area contributed by atoms with Crippen LogP contribution in [0.1, 0.15) is 18.5 Å². The van der Waals surface area contributed by atoms with E-state index in [9.17, 15) is 4.79 Å². The Hall–Kier alpha value is -2.84. The number of rotatable bonds is 4. The van der Waals surface area contributed by atoms with Crippen molar-refractivity contribution in [3.63, 3.8) is 0 Å². The summed E-state index contributed by atoms with van der Waals surface area (Å²) in [5.74, 6) is 1.72. The van der Waals surface area contributed by atoms with Crippen molar-refractivity contribution in [1.29, 1.82) is 0 Å². The van der Waals surface area contributed by atoms with Crippen molar-refractivity contribution in [2.75, 3.05) is 18.4 Å². The Balaban J connectivity index is 1.59. The first-order valence-electron chi connectivity index (χ1n) is 7.36. The number of likely N-dealkylation sites (tertiary alicyclic amines) is 1. The van der Waals surface area contributed by atoms with E-state index in [0.717, 1.165) is 5.69 Å². The van der Waals surface area contributed by atoms with Crippen LogP contribution in [0.3, 0.4) is 0 Å². The minimum atomic E-state index is -0.883. The number of amides is 1. The zero-order valence-electron chi connectivity index (χ0n) is 12.7. The highest BCUT2D eigenvalue weighted by atomic mass is 16.5. The van der Waals surface area contributed by atoms with Gasteiger partial charge in [0.05, 0.1) is 0 Å². The zero-order chi connectivity index (χ0) is 16.2. The molecule has 1 aliphatic rings. The number of piperidine rings is 1. The minimum Gasteiger partial charge on any atom is -0.474 e. The Morgan fingerprint density at radius 1 is 1.35 bits per heavy atom. The van der Waals surface area contributed by atoms with E-state index in [1.165, 1.54) is 11.2 Å². The van der Waals surface area contributed by atoms with E-state index in [-0.39, 0.29) is 6.10 Å². The Kier molecular flexibility index (Phi) is 4.26. The van der Waals surface area contributed by atoms with E-state index in [4.69, 9.17) is 9.84 Å². The van der Waals surface area contributed by atoms with Crippen molar-refractivity contribution in [3.05, 3.63) is 24.2 Å². The Morgan fingerprint density at radius 3 is 2.78 bits per heavy atom. The molecular weight excluding hydrogens is 300 g/mol. The molecule has 0 saturated carbocycles. The van der Waals surface area contributed by atoms with Gasteiger partial charge in [0, 0.05) is 43.8 Å². The number of anilines is 2. The normalized spacial score (nSPS) is 15.4. The number of aromatic amines is 1. The molecule has 122 valence electrons. The van der Waals surface area contributed by atoms with E-state index in [2.05, 4.69) is 25.5 Å². The summed E-state index contributed by atoms with van der Waals surface area (Å²) in [5.41, 5.74) is 0.947. The van der Waals surface area contributed by atoms with Crippen molar-refractivity contribution in [3.8, 4) is 5.88 Å². The molecule has 0 radical (unpaired) electrons. The van der Waals surface area contributed by atoms with Gasteiger partial charge in [0.2, 0.25) is 5.88 Å². The standard InChI is InChI=1S/C14H18N6O3/c1-9-6-12(19-18-9)17-11-7-13(16-8-15-11)23-10-2-4-20(5-3-10)14(21)22/h6-8,10H,2-5H2,1H3,(H,21,22)(H2,15,16,17,18,19). The van der Waals surface area contributed by atoms with Crippen molar-refractivity contribution < 1.29 is 14.6 Å². The third kappa shape index (κ3) is 3.87. The molecule has 1 saturated heterocycles. The number of carboxylic acid groups (broad SMARTS) is 1. The lowest BCUT2D eigenvalue weighted by Crippen LogP contribution is -2.41. The maximum atomic E-state index is 10.9. The topological polar surface area (TPSA) is 116 Å². The number of nitrogens with one attached hydrogen (secondary N) is 2. The summed E-state index contributed by atoms with van der Waals surface area (Å²) in [4.78, 5) is 20.5. The molecule has 9 heteroatoms. The second-order valence-corrected chi connectivity index (χ2v) is 5.39. The molecule has 3 rings (SSSR count). The summed E-state index contributed by atoms with van der Waals surface area (Å²) in [6, 6.07) is 3.57. The van der Waals surface area contributed by atoms with Gasteiger partial charge in [0.25, 0.3) is 0 Å². The van der Waals surface area contributed by atoms with Gasteiger partial charge in [-0.1, -0.05) is 0 Å². The minimum absolute atomic E-state index is 0.0408. The van der Waals surface area contributed by atoms with Crippen LogP contribution >= 0.6 is 0 Å². The maximum absolute atomic E-state index is 10.9. The number of hydrogen-bond acceptors (Lipinski definition) is 6. The second-order valence-electron chi connectivity index (χ2n) is 5.39. The van der Waals surface area contributed by atoms with E-state index in [1.54, 1.807) is 6.07 Å². The molecule has 9 nitrogen and oxygen atoms in total. The molecule has 0 aliphatic carbocycles. The Bertz CT molecular complexity index is 681. The maximum Gasteiger partial charge on any atom is 0.407 e. The summed E-state index contributed by atoms with van der Waals surface area (Å²) in [6.07, 6.45) is 1.80. The van der Waals surface area contributed by atoms with Crippen LogP contribution in [0.15, 0.2) is 18.5 Å².